The van der Waals surface area contributed by atoms with E-state index in [1.165, 1.54) is 0 Å². The van der Waals surface area contributed by atoms with E-state index in [-0.39, 0.29) is 6.47 Å². The maximum absolute atomic E-state index is 8.36. The van der Waals surface area contributed by atoms with Crippen LogP contribution in [0, 0.1) is 5.41 Å². The molecule has 6 heavy (non-hydrogen) atoms. The number of isothiocyanates is 1. The molecule has 34 valence electrons. The van der Waals surface area contributed by atoms with Gasteiger partial charge in [-0.25, -0.2) is 5.41 Å². The lowest BCUT2D eigenvalue weighted by Crippen LogP contribution is -1.49. The SMILES string of the molecule is N=C=S.O=CO. The highest BCUT2D eigenvalue weighted by atomic mass is 32.1. The van der Waals surface area contributed by atoms with Crippen molar-refractivity contribution in [1.29, 1.82) is 5.41 Å². The number of thiocarbonyl (C=S) groups is 1. The van der Waals surface area contributed by atoms with Crippen molar-refractivity contribution in [3.05, 3.63) is 0 Å². The number of rotatable bonds is 0. The van der Waals surface area contributed by atoms with Crippen LogP contribution in [0.15, 0.2) is 0 Å². The molecular formula is C2H3NO2S. The minimum atomic E-state index is -0.250. The van der Waals surface area contributed by atoms with Crippen LogP contribution in [-0.4, -0.2) is 16.7 Å². The molecule has 0 amide bonds. The number of hydrogen-bond acceptors (Lipinski definition) is 3. The van der Waals surface area contributed by atoms with Gasteiger partial charge in [-0.2, -0.15) is 0 Å². The predicted octanol–water partition coefficient (Wildman–Crippen LogP) is 0.369. The first kappa shape index (κ1) is 8.99. The van der Waals surface area contributed by atoms with Crippen LogP contribution in [0.1, 0.15) is 0 Å². The standard InChI is InChI=1S/CHNS.CH2O2/c2*2-1-3/h2H;1H,(H,2,3). The fourth-order valence-electron chi connectivity index (χ4n) is 0. The highest BCUT2D eigenvalue weighted by Crippen LogP contribution is 1.16. The van der Waals surface area contributed by atoms with E-state index in [9.17, 15) is 0 Å². The van der Waals surface area contributed by atoms with Crippen LogP contribution in [0.2, 0.25) is 0 Å². The number of hydrogen-bond donors (Lipinski definition) is 2. The summed E-state index contributed by atoms with van der Waals surface area (Å²) in [6, 6.07) is 0. The van der Waals surface area contributed by atoms with E-state index in [0.29, 0.717) is 0 Å². The van der Waals surface area contributed by atoms with Crippen molar-refractivity contribution in [3.63, 3.8) is 0 Å². The molecule has 3 nitrogen and oxygen atoms in total. The first-order valence-electron chi connectivity index (χ1n) is 0.948. The van der Waals surface area contributed by atoms with Crippen LogP contribution in [0.25, 0.3) is 0 Å². The van der Waals surface area contributed by atoms with Gasteiger partial charge in [0.15, 0.2) is 0 Å². The van der Waals surface area contributed by atoms with Crippen LogP contribution in [0.3, 0.4) is 0 Å². The smallest absolute Gasteiger partial charge is 0.290 e. The summed E-state index contributed by atoms with van der Waals surface area (Å²) in [5.74, 6) is 0. The van der Waals surface area contributed by atoms with Crippen LogP contribution in [0.4, 0.5) is 0 Å². The van der Waals surface area contributed by atoms with Crippen LogP contribution >= 0.6 is 12.2 Å². The molecule has 0 saturated carbocycles. The minimum Gasteiger partial charge on any atom is -0.483 e. The molecule has 0 radical (unpaired) electrons. The normalized spacial score (nSPS) is 3.33. The Morgan fingerprint density at radius 3 is 2.00 bits per heavy atom. The van der Waals surface area contributed by atoms with Crippen LogP contribution in [-0.2, 0) is 4.79 Å². The van der Waals surface area contributed by atoms with E-state index >= 15 is 0 Å². The molecule has 0 bridgehead atoms. The van der Waals surface area contributed by atoms with E-state index in [1.807, 2.05) is 0 Å². The highest BCUT2D eigenvalue weighted by molar-refractivity contribution is 7.78. The molecule has 0 heterocycles. The maximum atomic E-state index is 8.36. The van der Waals surface area contributed by atoms with Crippen molar-refractivity contribution < 1.29 is 9.90 Å². The molecule has 0 fully saturated rings. The third-order valence-electron chi connectivity index (χ3n) is 0. The Morgan fingerprint density at radius 2 is 2.00 bits per heavy atom. The van der Waals surface area contributed by atoms with Gasteiger partial charge in [-0.3, -0.25) is 4.79 Å². The van der Waals surface area contributed by atoms with Crippen molar-refractivity contribution in [1.82, 2.24) is 0 Å². The topological polar surface area (TPSA) is 61.2 Å². The van der Waals surface area contributed by atoms with Gasteiger partial charge >= 0.3 is 0 Å². The van der Waals surface area contributed by atoms with Crippen molar-refractivity contribution in [2.45, 2.75) is 0 Å². The van der Waals surface area contributed by atoms with Gasteiger partial charge in [0, 0.05) is 0 Å². The summed E-state index contributed by atoms with van der Waals surface area (Å²) in [7, 11) is 0. The van der Waals surface area contributed by atoms with E-state index in [0.717, 1.165) is 0 Å². The highest BCUT2D eigenvalue weighted by Gasteiger charge is 1.22. The Hall–Kier alpha value is -0.730. The Labute approximate surface area is 40.1 Å². The Kier molecular flexibility index (Phi) is 42.4. The summed E-state index contributed by atoms with van der Waals surface area (Å²) < 4.78 is 0. The van der Waals surface area contributed by atoms with Gasteiger partial charge < -0.3 is 5.11 Å². The molecule has 4 heteroatoms. The monoisotopic (exact) mass is 105 g/mol. The largest absolute Gasteiger partial charge is 0.483 e. The molecule has 0 spiro atoms. The van der Waals surface area contributed by atoms with E-state index in [2.05, 4.69) is 12.2 Å². The molecule has 0 saturated heterocycles. The van der Waals surface area contributed by atoms with Crippen molar-refractivity contribution in [2.75, 3.05) is 0 Å². The van der Waals surface area contributed by atoms with Crippen molar-refractivity contribution in [2.24, 2.45) is 0 Å². The summed E-state index contributed by atoms with van der Waals surface area (Å²) >= 11 is 3.81. The summed E-state index contributed by atoms with van der Waals surface area (Å²) in [4.78, 5) is 8.36. The number of carbonyl (C=O) groups is 1. The Bertz CT molecular complexity index is 56.6. The quantitative estimate of drug-likeness (QED) is 0.266. The molecule has 0 aliphatic carbocycles. The summed E-state index contributed by atoms with van der Waals surface area (Å²) in [6.07, 6.45) is 0. The van der Waals surface area contributed by atoms with Gasteiger partial charge in [0.2, 0.25) is 0 Å². The minimum absolute atomic E-state index is 0.250. The van der Waals surface area contributed by atoms with E-state index < -0.39 is 0 Å². The third-order valence-corrected chi connectivity index (χ3v) is 0. The number of carboxylic acid groups (broad SMARTS) is 1. The van der Waals surface area contributed by atoms with E-state index in [1.54, 1.807) is 5.16 Å². The molecule has 0 atom stereocenters. The Morgan fingerprint density at radius 1 is 2.00 bits per heavy atom. The van der Waals surface area contributed by atoms with Crippen LogP contribution < -0.4 is 0 Å². The molecule has 0 aromatic rings. The van der Waals surface area contributed by atoms with Gasteiger partial charge in [-0.1, -0.05) is 0 Å². The lowest BCUT2D eigenvalue weighted by atomic mass is 11.7. The van der Waals surface area contributed by atoms with Crippen molar-refractivity contribution in [3.8, 4) is 0 Å². The second-order valence-corrected chi connectivity index (χ2v) is 0.412. The predicted molar refractivity (Wildman–Crippen MR) is 24.0 cm³/mol. The van der Waals surface area contributed by atoms with E-state index in [4.69, 9.17) is 15.3 Å². The molecule has 0 aliphatic heterocycles. The summed E-state index contributed by atoms with van der Waals surface area (Å²) in [6.45, 7) is -0.250. The number of nitrogens with one attached hydrogen (secondary N) is 1. The zero-order valence-corrected chi connectivity index (χ0v) is 3.66. The first-order chi connectivity index (χ1) is 2.83. The van der Waals surface area contributed by atoms with Crippen LogP contribution in [0.5, 0.6) is 0 Å². The molecule has 0 aromatic heterocycles. The van der Waals surface area contributed by atoms with Gasteiger partial charge in [0.05, 0.1) is 5.16 Å². The summed E-state index contributed by atoms with van der Waals surface area (Å²) in [5, 5.41) is 14.2. The molecule has 2 N–H and O–H groups in total. The average molecular weight is 105 g/mol. The lowest BCUT2D eigenvalue weighted by Gasteiger charge is -1.34. The fraction of sp³-hybridized carbons (Fsp3) is 0. The van der Waals surface area contributed by atoms with Gasteiger partial charge in [-0.15, -0.1) is 0 Å². The molecule has 0 aromatic carbocycles. The van der Waals surface area contributed by atoms with Gasteiger partial charge in [-0.05, 0) is 12.2 Å². The zero-order chi connectivity index (χ0) is 5.41. The van der Waals surface area contributed by atoms with Gasteiger partial charge in [0.25, 0.3) is 6.47 Å². The molecule has 0 rings (SSSR count). The zero-order valence-electron chi connectivity index (χ0n) is 2.84. The molecule has 0 aliphatic rings. The summed E-state index contributed by atoms with van der Waals surface area (Å²) in [5.41, 5.74) is 0. The maximum Gasteiger partial charge on any atom is 0.290 e. The average Bonchev–Trinajstić information content (AvgIpc) is 1.39. The molecular weight excluding hydrogens is 102 g/mol. The third kappa shape index (κ3) is 31.6. The second-order valence-electron chi connectivity index (χ2n) is 0.207. The first-order valence-corrected chi connectivity index (χ1v) is 1.36. The van der Waals surface area contributed by atoms with Gasteiger partial charge in [0.1, 0.15) is 0 Å². The van der Waals surface area contributed by atoms with Crippen molar-refractivity contribution >= 4 is 23.9 Å². The molecule has 0 unspecified atom stereocenters. The second kappa shape index (κ2) is 28.3. The fourth-order valence-corrected chi connectivity index (χ4v) is 0. The Balaban J connectivity index is 0. The lowest BCUT2D eigenvalue weighted by molar-refractivity contribution is -0.122.